The number of nitrogens with zero attached hydrogens (tertiary/aromatic N) is 2. The third-order valence-electron chi connectivity index (χ3n) is 11.1. The van der Waals surface area contributed by atoms with Crippen molar-refractivity contribution in [2.75, 3.05) is 0 Å². The van der Waals surface area contributed by atoms with Crippen LogP contribution in [0, 0.1) is 17.8 Å². The van der Waals surface area contributed by atoms with Crippen LogP contribution >= 0.6 is 0 Å². The van der Waals surface area contributed by atoms with Crippen LogP contribution in [0.4, 0.5) is 0 Å². The van der Waals surface area contributed by atoms with Gasteiger partial charge in [-0.15, -0.1) is 0 Å². The molecule has 2 heterocycles. The van der Waals surface area contributed by atoms with Gasteiger partial charge in [0.15, 0.2) is 0 Å². The van der Waals surface area contributed by atoms with Crippen molar-refractivity contribution in [3.63, 3.8) is 0 Å². The molecule has 0 fully saturated rings. The third-order valence-corrected chi connectivity index (χ3v) is 11.1. The lowest BCUT2D eigenvalue weighted by Gasteiger charge is -2.40. The summed E-state index contributed by atoms with van der Waals surface area (Å²) in [5, 5.41) is 0. The zero-order chi connectivity index (χ0) is 33.7. The van der Waals surface area contributed by atoms with Crippen LogP contribution in [-0.2, 0) is 0 Å². The van der Waals surface area contributed by atoms with Crippen molar-refractivity contribution >= 4 is 17.0 Å². The molecular formula is C47H45N3. The number of dihydropyridines is 1. The summed E-state index contributed by atoms with van der Waals surface area (Å²) in [6.07, 6.45) is 20.0. The minimum atomic E-state index is 0.00803. The van der Waals surface area contributed by atoms with Gasteiger partial charge in [-0.1, -0.05) is 157 Å². The molecule has 2 N–H and O–H groups in total. The zero-order valence-corrected chi connectivity index (χ0v) is 28.6. The Morgan fingerprint density at radius 3 is 2.06 bits per heavy atom. The van der Waals surface area contributed by atoms with E-state index in [1.807, 2.05) is 0 Å². The van der Waals surface area contributed by atoms with E-state index in [-0.39, 0.29) is 18.0 Å². The normalized spacial score (nSPS) is 25.2. The van der Waals surface area contributed by atoms with Crippen molar-refractivity contribution in [1.29, 1.82) is 0 Å². The molecular weight excluding hydrogens is 607 g/mol. The highest BCUT2D eigenvalue weighted by atomic mass is 14.8. The molecule has 4 aliphatic rings. The summed E-state index contributed by atoms with van der Waals surface area (Å²) < 4.78 is 0. The highest BCUT2D eigenvalue weighted by molar-refractivity contribution is 6.33. The Balaban J connectivity index is 1.14. The van der Waals surface area contributed by atoms with Crippen molar-refractivity contribution in [2.45, 2.75) is 50.6 Å². The fourth-order valence-electron chi connectivity index (χ4n) is 8.64. The van der Waals surface area contributed by atoms with Crippen molar-refractivity contribution in [1.82, 2.24) is 0 Å². The van der Waals surface area contributed by atoms with Gasteiger partial charge in [0, 0.05) is 29.0 Å². The van der Waals surface area contributed by atoms with Crippen molar-refractivity contribution in [2.24, 2.45) is 33.5 Å². The van der Waals surface area contributed by atoms with Crippen LogP contribution in [0.25, 0.3) is 5.57 Å². The quantitative estimate of drug-likeness (QED) is 0.199. The Morgan fingerprint density at radius 2 is 1.38 bits per heavy atom. The number of hydrogen-bond donors (Lipinski definition) is 1. The van der Waals surface area contributed by atoms with Gasteiger partial charge in [0.25, 0.3) is 0 Å². The summed E-state index contributed by atoms with van der Waals surface area (Å²) in [7, 11) is 0. The maximum atomic E-state index is 6.41. The highest BCUT2D eigenvalue weighted by Crippen LogP contribution is 2.50. The Kier molecular flexibility index (Phi) is 9.38. The van der Waals surface area contributed by atoms with E-state index in [9.17, 15) is 0 Å². The molecule has 0 amide bonds. The molecule has 50 heavy (non-hydrogen) atoms. The largest absolute Gasteiger partial charge is 0.404 e. The average molecular weight is 652 g/mol. The minimum Gasteiger partial charge on any atom is -0.404 e. The van der Waals surface area contributed by atoms with Crippen molar-refractivity contribution in [3.8, 4) is 0 Å². The molecule has 2 aliphatic carbocycles. The molecule has 4 aromatic rings. The summed E-state index contributed by atoms with van der Waals surface area (Å²) in [5.74, 6) is 1.24. The summed E-state index contributed by atoms with van der Waals surface area (Å²) in [4.78, 5) is 11.0. The average Bonchev–Trinajstić information content (AvgIpc) is 3.46. The number of allylic oxidation sites excluding steroid dienone is 8. The predicted molar refractivity (Wildman–Crippen MR) is 209 cm³/mol. The first-order chi connectivity index (χ1) is 24.8. The molecule has 0 spiro atoms. The van der Waals surface area contributed by atoms with Gasteiger partial charge in [-0.05, 0) is 78.2 Å². The maximum absolute atomic E-state index is 6.41. The van der Waals surface area contributed by atoms with Crippen LogP contribution in [0.5, 0.6) is 0 Å². The molecule has 3 nitrogen and oxygen atoms in total. The van der Waals surface area contributed by atoms with Crippen LogP contribution < -0.4 is 5.73 Å². The first kappa shape index (κ1) is 32.0. The smallest absolute Gasteiger partial charge is 0.0828 e. The van der Waals surface area contributed by atoms with E-state index in [2.05, 4.69) is 152 Å². The van der Waals surface area contributed by atoms with Gasteiger partial charge in [0.2, 0.25) is 0 Å². The lowest BCUT2D eigenvalue weighted by molar-refractivity contribution is 0.294. The summed E-state index contributed by atoms with van der Waals surface area (Å²) in [6, 6.07) is 43.3. The van der Waals surface area contributed by atoms with Gasteiger partial charge < -0.3 is 5.73 Å². The monoisotopic (exact) mass is 651 g/mol. The lowest BCUT2D eigenvalue weighted by atomic mass is 9.67. The first-order valence-electron chi connectivity index (χ1n) is 18.3. The first-order valence-corrected chi connectivity index (χ1v) is 18.3. The Bertz CT molecular complexity index is 2010. The third kappa shape index (κ3) is 6.53. The van der Waals surface area contributed by atoms with Crippen LogP contribution in [0.1, 0.15) is 72.9 Å². The van der Waals surface area contributed by atoms with Gasteiger partial charge in [-0.2, -0.15) is 0 Å². The fourth-order valence-corrected chi connectivity index (χ4v) is 8.64. The number of hydrogen-bond acceptors (Lipinski definition) is 3. The fraction of sp³-hybridized carbons (Fsp3) is 0.234. The van der Waals surface area contributed by atoms with Crippen LogP contribution in [0.3, 0.4) is 0 Å². The molecule has 0 bridgehead atoms. The second-order valence-corrected chi connectivity index (χ2v) is 14.0. The molecule has 4 aromatic carbocycles. The van der Waals surface area contributed by atoms with Crippen molar-refractivity contribution < 1.29 is 0 Å². The molecule has 0 saturated carbocycles. The molecule has 2 aliphatic heterocycles. The Morgan fingerprint density at radius 1 is 0.720 bits per heavy atom. The number of nitrogens with two attached hydrogens (primary N) is 1. The summed E-state index contributed by atoms with van der Waals surface area (Å²) in [6.45, 7) is 0. The van der Waals surface area contributed by atoms with Gasteiger partial charge in [0.05, 0.1) is 17.8 Å². The molecule has 0 aromatic heterocycles. The van der Waals surface area contributed by atoms with Crippen LogP contribution in [-0.4, -0.2) is 11.4 Å². The van der Waals surface area contributed by atoms with E-state index in [1.54, 1.807) is 11.8 Å². The topological polar surface area (TPSA) is 50.7 Å². The maximum Gasteiger partial charge on any atom is 0.0828 e. The molecule has 5 atom stereocenters. The Labute approximate surface area is 297 Å². The second kappa shape index (κ2) is 14.7. The van der Waals surface area contributed by atoms with Gasteiger partial charge in [-0.25, -0.2) is 0 Å². The number of aliphatic imine (C=N–C) groups is 2. The second-order valence-electron chi connectivity index (χ2n) is 14.0. The van der Waals surface area contributed by atoms with E-state index < -0.39 is 0 Å². The van der Waals surface area contributed by atoms with Gasteiger partial charge >= 0.3 is 0 Å². The van der Waals surface area contributed by atoms with E-state index in [1.165, 1.54) is 33.5 Å². The lowest BCUT2D eigenvalue weighted by Crippen LogP contribution is -2.31. The zero-order valence-electron chi connectivity index (χ0n) is 28.6. The van der Waals surface area contributed by atoms with E-state index >= 15 is 0 Å². The van der Waals surface area contributed by atoms with E-state index in [0.717, 1.165) is 55.4 Å². The molecule has 0 saturated heterocycles. The summed E-state index contributed by atoms with van der Waals surface area (Å²) >= 11 is 0. The molecule has 8 rings (SSSR count). The predicted octanol–water partition coefficient (Wildman–Crippen LogP) is 11.0. The van der Waals surface area contributed by atoms with E-state index in [4.69, 9.17) is 15.7 Å². The molecule has 5 unspecified atom stereocenters. The molecule has 0 radical (unpaired) electrons. The number of rotatable bonds is 7. The van der Waals surface area contributed by atoms with Crippen LogP contribution in [0.2, 0.25) is 0 Å². The van der Waals surface area contributed by atoms with E-state index in [0.29, 0.717) is 11.8 Å². The number of benzene rings is 4. The minimum absolute atomic E-state index is 0.00803. The van der Waals surface area contributed by atoms with Gasteiger partial charge in [-0.3, -0.25) is 9.98 Å². The SMILES string of the molecule is NC=C(C1=NC(c2ccccc2)C(C2CC=C(C3CC(c4ccccc4)=NC(c4ccccc4)C3)CC2)C2=C1C=CCC=C2)c1ccccc1. The standard InChI is InChI=1S/C47H45N3/c48-32-42(34-16-6-1-7-17-34)47-41-25-15-5-14-24-40(41)45(46(50-47)38-22-12-4-13-23-38)37-28-26-33(27-29-37)39-30-43(35-18-8-2-9-19-35)49-44(31-39)36-20-10-3-11-21-36/h1-4,6-26,32,37,39,43,45-46H,5,27-31,48H2. The van der Waals surface area contributed by atoms with Gasteiger partial charge in [0.1, 0.15) is 0 Å². The molecule has 248 valence electrons. The van der Waals surface area contributed by atoms with Crippen LogP contribution in [0.15, 0.2) is 185 Å². The van der Waals surface area contributed by atoms with Crippen molar-refractivity contribution in [3.05, 3.63) is 197 Å². The highest BCUT2D eigenvalue weighted by Gasteiger charge is 2.40. The molecule has 3 heteroatoms. The summed E-state index contributed by atoms with van der Waals surface area (Å²) in [5.41, 5.74) is 18.8. The Hall–Kier alpha value is -5.28.